The van der Waals surface area contributed by atoms with E-state index in [9.17, 15) is 4.79 Å². The van der Waals surface area contributed by atoms with Crippen LogP contribution in [0.15, 0.2) is 35.8 Å². The van der Waals surface area contributed by atoms with E-state index in [2.05, 4.69) is 10.3 Å². The Bertz CT molecular complexity index is 1130. The minimum Gasteiger partial charge on any atom is -0.486 e. The molecule has 1 aromatic carbocycles. The van der Waals surface area contributed by atoms with E-state index in [0.29, 0.717) is 18.1 Å². The summed E-state index contributed by atoms with van der Waals surface area (Å²) in [5, 5.41) is 5.04. The zero-order valence-electron chi connectivity index (χ0n) is 13.9. The highest BCUT2D eigenvalue weighted by atomic mass is 32.1. The maximum absolute atomic E-state index is 12.7. The molecule has 26 heavy (non-hydrogen) atoms. The Hall–Kier alpha value is -2.58. The van der Waals surface area contributed by atoms with Gasteiger partial charge in [0.25, 0.3) is 5.91 Å². The summed E-state index contributed by atoms with van der Waals surface area (Å²) in [4.78, 5) is 19.7. The zero-order valence-corrected chi connectivity index (χ0v) is 15.5. The fourth-order valence-corrected chi connectivity index (χ4v) is 4.74. The van der Waals surface area contributed by atoms with Crippen molar-refractivity contribution in [1.29, 1.82) is 0 Å². The van der Waals surface area contributed by atoms with Gasteiger partial charge in [-0.25, -0.2) is 4.98 Å². The summed E-state index contributed by atoms with van der Waals surface area (Å²) in [6, 6.07) is 7.53. The Kier molecular flexibility index (Phi) is 3.61. The fraction of sp³-hybridized carbons (Fsp3) is 0.222. The van der Waals surface area contributed by atoms with Crippen molar-refractivity contribution < 1.29 is 14.3 Å². The molecule has 4 heterocycles. The van der Waals surface area contributed by atoms with Gasteiger partial charge in [0.15, 0.2) is 16.5 Å². The summed E-state index contributed by atoms with van der Waals surface area (Å²) in [6.07, 6.45) is 1.97. The van der Waals surface area contributed by atoms with Gasteiger partial charge in [0.1, 0.15) is 18.0 Å². The van der Waals surface area contributed by atoms with Gasteiger partial charge in [-0.1, -0.05) is 6.07 Å². The zero-order chi connectivity index (χ0) is 17.7. The van der Waals surface area contributed by atoms with Crippen molar-refractivity contribution in [2.24, 2.45) is 0 Å². The number of imidazole rings is 1. The Morgan fingerprint density at radius 2 is 2.12 bits per heavy atom. The average molecular weight is 385 g/mol. The van der Waals surface area contributed by atoms with Crippen LogP contribution in [0, 0.1) is 0 Å². The van der Waals surface area contributed by atoms with Gasteiger partial charge in [-0.2, -0.15) is 0 Å². The van der Waals surface area contributed by atoms with Crippen LogP contribution in [0.4, 0.5) is 0 Å². The summed E-state index contributed by atoms with van der Waals surface area (Å²) in [6.45, 7) is 3.07. The third-order valence-electron chi connectivity index (χ3n) is 4.38. The molecule has 8 heteroatoms. The second kappa shape index (κ2) is 6.00. The third kappa shape index (κ3) is 2.53. The second-order valence-electron chi connectivity index (χ2n) is 6.07. The van der Waals surface area contributed by atoms with Gasteiger partial charge in [-0.05, 0) is 30.7 Å². The van der Waals surface area contributed by atoms with E-state index < -0.39 is 0 Å². The van der Waals surface area contributed by atoms with Gasteiger partial charge in [0.05, 0.1) is 16.4 Å². The molecule has 4 aromatic rings. The largest absolute Gasteiger partial charge is 0.486 e. The molecule has 0 unspecified atom stereocenters. The maximum Gasteiger partial charge on any atom is 0.261 e. The predicted octanol–water partition coefficient (Wildman–Crippen LogP) is 3.87. The molecule has 6 nitrogen and oxygen atoms in total. The molecule has 1 N–H and O–H groups in total. The van der Waals surface area contributed by atoms with Gasteiger partial charge in [-0.15, -0.1) is 22.7 Å². The number of aromatic nitrogens is 2. The third-order valence-corrected chi connectivity index (χ3v) is 6.15. The van der Waals surface area contributed by atoms with Gasteiger partial charge < -0.3 is 14.8 Å². The lowest BCUT2D eigenvalue weighted by molar-refractivity contribution is 0.0944. The Labute approximate surface area is 157 Å². The highest BCUT2D eigenvalue weighted by Gasteiger charge is 2.19. The van der Waals surface area contributed by atoms with Crippen LogP contribution in [-0.4, -0.2) is 28.5 Å². The van der Waals surface area contributed by atoms with Crippen molar-refractivity contribution in [3.05, 3.63) is 46.3 Å². The fourth-order valence-electron chi connectivity index (χ4n) is 3.04. The number of benzene rings is 1. The van der Waals surface area contributed by atoms with Gasteiger partial charge in [0, 0.05) is 11.6 Å². The van der Waals surface area contributed by atoms with Gasteiger partial charge in [0.2, 0.25) is 0 Å². The van der Waals surface area contributed by atoms with E-state index >= 15 is 0 Å². The molecule has 3 aromatic heterocycles. The standard InChI is InChI=1S/C18H15N3O3S2/c1-10(11-2-3-13-14(8-11)24-6-5-23-13)19-16(22)15-9-12-17(26-15)20-18-21(12)4-7-25-18/h2-4,7-10H,5-6H2,1H3,(H,19,22)/t10-/m1/s1. The van der Waals surface area contributed by atoms with Crippen LogP contribution in [0.3, 0.4) is 0 Å². The number of thiophene rings is 1. The Morgan fingerprint density at radius 1 is 1.27 bits per heavy atom. The number of hydrogen-bond acceptors (Lipinski definition) is 6. The molecule has 1 aliphatic heterocycles. The van der Waals surface area contributed by atoms with E-state index in [0.717, 1.165) is 32.4 Å². The number of fused-ring (bicyclic) bond motifs is 4. The number of hydrogen-bond donors (Lipinski definition) is 1. The van der Waals surface area contributed by atoms with Crippen molar-refractivity contribution >= 4 is 43.9 Å². The summed E-state index contributed by atoms with van der Waals surface area (Å²) in [5.41, 5.74) is 1.95. The number of nitrogens with zero attached hydrogens (tertiary/aromatic N) is 2. The van der Waals surface area contributed by atoms with E-state index in [-0.39, 0.29) is 11.9 Å². The van der Waals surface area contributed by atoms with Crippen molar-refractivity contribution in [1.82, 2.24) is 14.7 Å². The van der Waals surface area contributed by atoms with Crippen LogP contribution >= 0.6 is 22.7 Å². The van der Waals surface area contributed by atoms with Crippen LogP contribution in [0.25, 0.3) is 15.3 Å². The number of rotatable bonds is 3. The summed E-state index contributed by atoms with van der Waals surface area (Å²) in [7, 11) is 0. The van der Waals surface area contributed by atoms with Crippen molar-refractivity contribution in [3.63, 3.8) is 0 Å². The van der Waals surface area contributed by atoms with E-state index in [4.69, 9.17) is 9.47 Å². The van der Waals surface area contributed by atoms with E-state index in [1.165, 1.54) is 11.3 Å². The molecule has 1 aliphatic rings. The first-order valence-electron chi connectivity index (χ1n) is 8.24. The first-order chi connectivity index (χ1) is 12.7. The summed E-state index contributed by atoms with van der Waals surface area (Å²) < 4.78 is 13.2. The van der Waals surface area contributed by atoms with Crippen LogP contribution < -0.4 is 14.8 Å². The topological polar surface area (TPSA) is 64.9 Å². The Morgan fingerprint density at radius 3 is 3.00 bits per heavy atom. The van der Waals surface area contributed by atoms with E-state index in [1.807, 2.05) is 47.2 Å². The van der Waals surface area contributed by atoms with Gasteiger partial charge in [-0.3, -0.25) is 9.20 Å². The molecule has 0 spiro atoms. The lowest BCUT2D eigenvalue weighted by Crippen LogP contribution is -2.26. The minimum atomic E-state index is -0.142. The lowest BCUT2D eigenvalue weighted by atomic mass is 10.1. The monoisotopic (exact) mass is 385 g/mol. The number of amides is 1. The SMILES string of the molecule is C[C@@H](NC(=O)c1cc2c(nc3sccn32)s1)c1ccc2c(c1)OCCO2. The Balaban J connectivity index is 1.38. The van der Waals surface area contributed by atoms with E-state index in [1.54, 1.807) is 11.3 Å². The molecule has 1 amide bonds. The number of carbonyl (C=O) groups is 1. The molecule has 1 atom stereocenters. The van der Waals surface area contributed by atoms with Crippen LogP contribution in [-0.2, 0) is 0 Å². The molecular weight excluding hydrogens is 370 g/mol. The lowest BCUT2D eigenvalue weighted by Gasteiger charge is -2.21. The van der Waals surface area contributed by atoms with Crippen LogP contribution in [0.1, 0.15) is 28.2 Å². The molecule has 0 bridgehead atoms. The molecule has 0 saturated heterocycles. The average Bonchev–Trinajstić information content (AvgIpc) is 3.33. The summed E-state index contributed by atoms with van der Waals surface area (Å²) >= 11 is 3.00. The normalized spacial score (nSPS) is 14.7. The van der Waals surface area contributed by atoms with Crippen LogP contribution in [0.5, 0.6) is 11.5 Å². The molecule has 5 rings (SSSR count). The van der Waals surface area contributed by atoms with Crippen molar-refractivity contribution in [2.75, 3.05) is 13.2 Å². The molecule has 0 fully saturated rings. The smallest absolute Gasteiger partial charge is 0.261 e. The highest BCUT2D eigenvalue weighted by Crippen LogP contribution is 2.33. The molecule has 0 radical (unpaired) electrons. The quantitative estimate of drug-likeness (QED) is 0.581. The first kappa shape index (κ1) is 15.7. The molecular formula is C18H15N3O3S2. The molecule has 0 saturated carbocycles. The number of carbonyl (C=O) groups excluding carboxylic acids is 1. The minimum absolute atomic E-state index is 0.0978. The van der Waals surface area contributed by atoms with Crippen molar-refractivity contribution in [3.8, 4) is 11.5 Å². The summed E-state index contributed by atoms with van der Waals surface area (Å²) in [5.74, 6) is 1.38. The first-order valence-corrected chi connectivity index (χ1v) is 9.94. The number of thiazole rings is 1. The van der Waals surface area contributed by atoms with Crippen LogP contribution in [0.2, 0.25) is 0 Å². The molecule has 0 aliphatic carbocycles. The molecule has 132 valence electrons. The maximum atomic E-state index is 12.7. The predicted molar refractivity (Wildman–Crippen MR) is 102 cm³/mol. The highest BCUT2D eigenvalue weighted by molar-refractivity contribution is 7.21. The number of nitrogens with one attached hydrogen (secondary N) is 1. The number of ether oxygens (including phenoxy) is 2. The van der Waals surface area contributed by atoms with Gasteiger partial charge >= 0.3 is 0 Å². The van der Waals surface area contributed by atoms with Crippen molar-refractivity contribution in [2.45, 2.75) is 13.0 Å². The second-order valence-corrected chi connectivity index (χ2v) is 7.97.